The van der Waals surface area contributed by atoms with Gasteiger partial charge >= 0.3 is 6.18 Å². The van der Waals surface area contributed by atoms with Gasteiger partial charge in [-0.05, 0) is 30.3 Å². The first-order valence-electron chi connectivity index (χ1n) is 12.5. The number of benzene rings is 1. The molecule has 15 heteroatoms. The molecule has 1 saturated heterocycles. The van der Waals surface area contributed by atoms with Crippen LogP contribution in [0.2, 0.25) is 0 Å². The van der Waals surface area contributed by atoms with Crippen molar-refractivity contribution < 1.29 is 31.5 Å². The van der Waals surface area contributed by atoms with Gasteiger partial charge in [-0.3, -0.25) is 9.59 Å². The average Bonchev–Trinajstić information content (AvgIpc) is 2.96. The lowest BCUT2D eigenvalue weighted by Gasteiger charge is -2.38. The Morgan fingerprint density at radius 1 is 1.12 bits per heavy atom. The molecule has 0 spiro atoms. The molecule has 0 bridgehead atoms. The number of nitriles is 1. The van der Waals surface area contributed by atoms with E-state index < -0.39 is 29.8 Å². The largest absolute Gasteiger partial charge is 0.486 e. The van der Waals surface area contributed by atoms with Crippen LogP contribution in [0.4, 0.5) is 39.3 Å². The number of fused-ring (bicyclic) bond motifs is 1. The Morgan fingerprint density at radius 2 is 1.88 bits per heavy atom. The molecule has 1 atom stereocenters. The molecule has 2 aliphatic rings. The number of alkyl halides is 5. The highest BCUT2D eigenvalue weighted by Gasteiger charge is 2.37. The second-order valence-corrected chi connectivity index (χ2v) is 9.43. The van der Waals surface area contributed by atoms with Crippen molar-refractivity contribution >= 4 is 23.2 Å². The molecular weight excluding hydrogens is 553 g/mol. The van der Waals surface area contributed by atoms with Crippen LogP contribution in [0.1, 0.15) is 29.5 Å². The second-order valence-electron chi connectivity index (χ2n) is 9.43. The highest BCUT2D eigenvalue weighted by atomic mass is 19.4. The lowest BCUT2D eigenvalue weighted by Crippen LogP contribution is -2.50. The maximum Gasteiger partial charge on any atom is 0.421 e. The topological polar surface area (TPSA) is 118 Å². The number of pyridine rings is 1. The van der Waals surface area contributed by atoms with E-state index in [1.54, 1.807) is 17.0 Å². The molecule has 41 heavy (non-hydrogen) atoms. The molecule has 1 N–H and O–H groups in total. The first-order chi connectivity index (χ1) is 19.5. The van der Waals surface area contributed by atoms with Crippen LogP contribution >= 0.6 is 0 Å². The Labute approximate surface area is 229 Å². The standard InChI is InChI=1S/C26H22F5N7O3/c27-24(28)16-2-3-20-19(9-16)38(22-11-18(26(29,30)31)25(40)35-34-22)14-17(41-20)10-23(39)37-7-5-36(6-8-37)21-4-1-15(12-32)13-33-21/h1-4,9,11,13,17,24H,5-8,10,14H2,(H,35,40). The van der Waals surface area contributed by atoms with Crippen LogP contribution in [0.5, 0.6) is 5.75 Å². The van der Waals surface area contributed by atoms with Gasteiger partial charge in [-0.15, -0.1) is 0 Å². The Hall–Kier alpha value is -4.74. The minimum Gasteiger partial charge on any atom is -0.486 e. The number of hydrogen-bond donors (Lipinski definition) is 1. The molecule has 214 valence electrons. The third-order valence-electron chi connectivity index (χ3n) is 6.81. The van der Waals surface area contributed by atoms with E-state index in [9.17, 15) is 31.5 Å². The quantitative estimate of drug-likeness (QED) is 0.459. The Kier molecular flexibility index (Phi) is 7.48. The predicted molar refractivity (Wildman–Crippen MR) is 135 cm³/mol. The number of anilines is 3. The minimum absolute atomic E-state index is 0.0303. The van der Waals surface area contributed by atoms with Crippen LogP contribution in [0.15, 0.2) is 47.4 Å². The molecule has 1 amide bonds. The van der Waals surface area contributed by atoms with Crippen LogP contribution in [0.25, 0.3) is 0 Å². The summed E-state index contributed by atoms with van der Waals surface area (Å²) in [5.74, 6) is 0.153. The molecule has 10 nitrogen and oxygen atoms in total. The monoisotopic (exact) mass is 575 g/mol. The van der Waals surface area contributed by atoms with Gasteiger partial charge in [0.05, 0.1) is 24.2 Å². The molecule has 0 aliphatic carbocycles. The van der Waals surface area contributed by atoms with Crippen LogP contribution in [-0.2, 0) is 11.0 Å². The number of hydrogen-bond acceptors (Lipinski definition) is 8. The number of aromatic nitrogens is 3. The third-order valence-corrected chi connectivity index (χ3v) is 6.81. The van der Waals surface area contributed by atoms with Crippen molar-refractivity contribution in [2.24, 2.45) is 0 Å². The van der Waals surface area contributed by atoms with Crippen LogP contribution < -0.4 is 20.1 Å². The van der Waals surface area contributed by atoms with Gasteiger partial charge in [0.25, 0.3) is 12.0 Å². The molecule has 1 fully saturated rings. The minimum atomic E-state index is -4.98. The molecule has 1 unspecified atom stereocenters. The van der Waals surface area contributed by atoms with Gasteiger partial charge in [0.1, 0.15) is 29.3 Å². The van der Waals surface area contributed by atoms with Crippen LogP contribution in [-0.4, -0.2) is 64.8 Å². The summed E-state index contributed by atoms with van der Waals surface area (Å²) >= 11 is 0. The van der Waals surface area contributed by atoms with Gasteiger partial charge in [-0.25, -0.2) is 18.9 Å². The fourth-order valence-electron chi connectivity index (χ4n) is 4.71. The van der Waals surface area contributed by atoms with Crippen molar-refractivity contribution in [2.75, 3.05) is 42.5 Å². The summed E-state index contributed by atoms with van der Waals surface area (Å²) < 4.78 is 73.0. The molecule has 2 aromatic heterocycles. The van der Waals surface area contributed by atoms with Gasteiger partial charge in [0.2, 0.25) is 5.91 Å². The summed E-state index contributed by atoms with van der Waals surface area (Å²) in [5, 5.41) is 14.5. The molecular formula is C26H22F5N7O3. The number of aromatic amines is 1. The molecule has 4 heterocycles. The summed E-state index contributed by atoms with van der Waals surface area (Å²) in [4.78, 5) is 34.0. The second kappa shape index (κ2) is 11.0. The zero-order chi connectivity index (χ0) is 29.3. The number of carbonyl (C=O) groups excluding carboxylic acids is 1. The number of H-pyrrole nitrogens is 1. The number of piperazine rings is 1. The summed E-state index contributed by atoms with van der Waals surface area (Å²) in [7, 11) is 0. The van der Waals surface area contributed by atoms with Crippen LogP contribution in [0.3, 0.4) is 0 Å². The first-order valence-corrected chi connectivity index (χ1v) is 12.5. The maximum absolute atomic E-state index is 13.4. The number of halogens is 5. The lowest BCUT2D eigenvalue weighted by molar-refractivity contribution is -0.138. The number of rotatable bonds is 5. The van der Waals surface area contributed by atoms with Gasteiger partial charge in [0, 0.05) is 44.0 Å². The molecule has 1 aromatic carbocycles. The number of amides is 1. The number of nitrogens with zero attached hydrogens (tertiary/aromatic N) is 6. The summed E-state index contributed by atoms with van der Waals surface area (Å²) in [6.45, 7) is 1.55. The van der Waals surface area contributed by atoms with E-state index in [0.29, 0.717) is 43.6 Å². The molecule has 2 aliphatic heterocycles. The fraction of sp³-hybridized carbons (Fsp3) is 0.346. The van der Waals surface area contributed by atoms with E-state index in [-0.39, 0.29) is 41.7 Å². The zero-order valence-corrected chi connectivity index (χ0v) is 21.2. The van der Waals surface area contributed by atoms with E-state index in [4.69, 9.17) is 10.00 Å². The van der Waals surface area contributed by atoms with Crippen molar-refractivity contribution in [1.29, 1.82) is 5.26 Å². The molecule has 5 rings (SSSR count). The number of ether oxygens (including phenoxy) is 1. The van der Waals surface area contributed by atoms with Crippen molar-refractivity contribution in [3.63, 3.8) is 0 Å². The maximum atomic E-state index is 13.4. The molecule has 0 radical (unpaired) electrons. The van der Waals surface area contributed by atoms with Crippen molar-refractivity contribution in [1.82, 2.24) is 20.1 Å². The first kappa shape index (κ1) is 27.8. The van der Waals surface area contributed by atoms with E-state index in [2.05, 4.69) is 10.1 Å². The van der Waals surface area contributed by atoms with Gasteiger partial charge in [0.15, 0.2) is 5.82 Å². The average molecular weight is 575 g/mol. The molecule has 3 aromatic rings. The zero-order valence-electron chi connectivity index (χ0n) is 21.2. The highest BCUT2D eigenvalue weighted by Crippen LogP contribution is 2.41. The predicted octanol–water partition coefficient (Wildman–Crippen LogP) is 3.63. The van der Waals surface area contributed by atoms with Crippen molar-refractivity contribution in [3.05, 3.63) is 69.6 Å². The fourth-order valence-corrected chi connectivity index (χ4v) is 4.71. The van der Waals surface area contributed by atoms with E-state index in [1.807, 2.05) is 16.1 Å². The lowest BCUT2D eigenvalue weighted by atomic mass is 10.1. The van der Waals surface area contributed by atoms with Crippen molar-refractivity contribution in [3.8, 4) is 11.8 Å². The van der Waals surface area contributed by atoms with Gasteiger partial charge < -0.3 is 19.4 Å². The Bertz CT molecular complexity index is 1530. The summed E-state index contributed by atoms with van der Waals surface area (Å²) in [5.41, 5.74) is -2.87. The summed E-state index contributed by atoms with van der Waals surface area (Å²) in [6.07, 6.45) is -7.36. The Balaban J connectivity index is 1.33. The smallest absolute Gasteiger partial charge is 0.421 e. The SMILES string of the molecule is N#Cc1ccc(N2CCN(C(=O)CC3CN(c4cc(C(F)(F)F)c(=O)[nH]n4)c4cc(C(F)F)ccc4O3)CC2)nc1. The summed E-state index contributed by atoms with van der Waals surface area (Å²) in [6, 6.07) is 9.40. The van der Waals surface area contributed by atoms with Crippen molar-refractivity contribution in [2.45, 2.75) is 25.1 Å². The van der Waals surface area contributed by atoms with Gasteiger partial charge in [-0.1, -0.05) is 0 Å². The number of carbonyl (C=O) groups is 1. The van der Waals surface area contributed by atoms with E-state index in [1.165, 1.54) is 17.2 Å². The Morgan fingerprint density at radius 3 is 2.51 bits per heavy atom. The third kappa shape index (κ3) is 5.91. The van der Waals surface area contributed by atoms with Crippen LogP contribution in [0, 0.1) is 11.3 Å². The number of nitrogens with one attached hydrogen (secondary N) is 1. The normalized spacial score (nSPS) is 17.2. The molecule has 0 saturated carbocycles. The van der Waals surface area contributed by atoms with E-state index >= 15 is 0 Å². The van der Waals surface area contributed by atoms with E-state index in [0.717, 1.165) is 12.1 Å². The van der Waals surface area contributed by atoms with Gasteiger partial charge in [-0.2, -0.15) is 23.5 Å². The highest BCUT2D eigenvalue weighted by molar-refractivity contribution is 5.78.